The van der Waals surface area contributed by atoms with Crippen LogP contribution in [0.25, 0.3) is 0 Å². The van der Waals surface area contributed by atoms with Gasteiger partial charge in [0.15, 0.2) is 0 Å². The molecule has 1 aromatic carbocycles. The summed E-state index contributed by atoms with van der Waals surface area (Å²) in [7, 11) is 0. The maximum Gasteiger partial charge on any atom is 0.0621 e. The summed E-state index contributed by atoms with van der Waals surface area (Å²) in [6, 6.07) is 10.6. The topological polar surface area (TPSA) is 21.3 Å². The van der Waals surface area contributed by atoms with E-state index in [2.05, 4.69) is 35.6 Å². The number of hydrogen-bond acceptors (Lipinski definition) is 2. The smallest absolute Gasteiger partial charge is 0.0621 e. The van der Waals surface area contributed by atoms with E-state index in [4.69, 9.17) is 4.74 Å². The molecule has 2 aliphatic rings. The average molecular weight is 217 g/mol. The Morgan fingerprint density at radius 3 is 2.75 bits per heavy atom. The molecule has 2 aliphatic heterocycles. The van der Waals surface area contributed by atoms with Gasteiger partial charge < -0.3 is 10.1 Å². The van der Waals surface area contributed by atoms with E-state index < -0.39 is 0 Å². The number of hydrogen-bond donors (Lipinski definition) is 1. The lowest BCUT2D eigenvalue weighted by molar-refractivity contribution is 0.0924. The molecule has 2 bridgehead atoms. The molecule has 3 rings (SSSR count). The molecule has 0 aromatic heterocycles. The highest BCUT2D eigenvalue weighted by molar-refractivity contribution is 5.14. The van der Waals surface area contributed by atoms with Crippen LogP contribution in [-0.4, -0.2) is 18.8 Å². The quantitative estimate of drug-likeness (QED) is 0.836. The molecule has 2 heteroatoms. The largest absolute Gasteiger partial charge is 0.375 e. The molecule has 3 atom stereocenters. The fourth-order valence-electron chi connectivity index (χ4n) is 2.96. The molecule has 0 amide bonds. The van der Waals surface area contributed by atoms with E-state index in [0.717, 1.165) is 19.0 Å². The molecular formula is C14H19NO. The molecule has 1 aromatic rings. The van der Waals surface area contributed by atoms with Gasteiger partial charge in [0, 0.05) is 19.0 Å². The normalized spacial score (nSPS) is 32.1. The zero-order valence-corrected chi connectivity index (χ0v) is 9.56. The SMILES string of the molecule is c1ccc(CNC[C@@H]2C[C@@H]3CC[C@H]2O3)cc1. The minimum atomic E-state index is 0.549. The lowest BCUT2D eigenvalue weighted by Gasteiger charge is -2.18. The van der Waals surface area contributed by atoms with Crippen molar-refractivity contribution in [3.8, 4) is 0 Å². The number of ether oxygens (including phenoxy) is 1. The summed E-state index contributed by atoms with van der Waals surface area (Å²) in [5.41, 5.74) is 1.37. The van der Waals surface area contributed by atoms with E-state index in [-0.39, 0.29) is 0 Å². The molecule has 0 unspecified atom stereocenters. The summed E-state index contributed by atoms with van der Waals surface area (Å²) in [5.74, 6) is 0.752. The molecule has 1 N–H and O–H groups in total. The number of benzene rings is 1. The van der Waals surface area contributed by atoms with E-state index in [1.807, 2.05) is 0 Å². The van der Waals surface area contributed by atoms with Crippen LogP contribution >= 0.6 is 0 Å². The minimum Gasteiger partial charge on any atom is -0.375 e. The summed E-state index contributed by atoms with van der Waals surface area (Å²) in [5, 5.41) is 3.55. The lowest BCUT2D eigenvalue weighted by atomic mass is 9.89. The first-order chi connectivity index (χ1) is 7.92. The number of fused-ring (bicyclic) bond motifs is 2. The van der Waals surface area contributed by atoms with E-state index in [1.165, 1.54) is 24.8 Å². The summed E-state index contributed by atoms with van der Waals surface area (Å²) >= 11 is 0. The van der Waals surface area contributed by atoms with Gasteiger partial charge in [-0.05, 0) is 24.8 Å². The van der Waals surface area contributed by atoms with Gasteiger partial charge >= 0.3 is 0 Å². The monoisotopic (exact) mass is 217 g/mol. The summed E-state index contributed by atoms with van der Waals surface area (Å²) in [6.07, 6.45) is 4.97. The summed E-state index contributed by atoms with van der Waals surface area (Å²) in [4.78, 5) is 0. The standard InChI is InChI=1S/C14H19NO/c1-2-4-11(5-3-1)9-15-10-12-8-13-6-7-14(12)16-13/h1-5,12-15H,6-10H2/t12-,13-,14+/m0/s1. The van der Waals surface area contributed by atoms with E-state index in [0.29, 0.717) is 12.2 Å². The Kier molecular flexibility index (Phi) is 2.94. The summed E-state index contributed by atoms with van der Waals surface area (Å²) in [6.45, 7) is 2.09. The van der Waals surface area contributed by atoms with Crippen molar-refractivity contribution in [1.82, 2.24) is 5.32 Å². The van der Waals surface area contributed by atoms with Crippen LogP contribution in [0.1, 0.15) is 24.8 Å². The molecule has 2 nitrogen and oxygen atoms in total. The van der Waals surface area contributed by atoms with Crippen LogP contribution in [0.4, 0.5) is 0 Å². The molecule has 16 heavy (non-hydrogen) atoms. The van der Waals surface area contributed by atoms with E-state index in [9.17, 15) is 0 Å². The van der Waals surface area contributed by atoms with Crippen molar-refractivity contribution in [2.75, 3.05) is 6.54 Å². The highest BCUT2D eigenvalue weighted by atomic mass is 16.5. The van der Waals surface area contributed by atoms with Gasteiger partial charge in [-0.25, -0.2) is 0 Å². The third-order valence-corrected chi connectivity index (χ3v) is 3.81. The van der Waals surface area contributed by atoms with Crippen LogP contribution in [0.2, 0.25) is 0 Å². The van der Waals surface area contributed by atoms with Crippen molar-refractivity contribution in [3.63, 3.8) is 0 Å². The fraction of sp³-hybridized carbons (Fsp3) is 0.571. The van der Waals surface area contributed by atoms with Crippen molar-refractivity contribution in [3.05, 3.63) is 35.9 Å². The second-order valence-corrected chi connectivity index (χ2v) is 4.99. The van der Waals surface area contributed by atoms with Crippen LogP contribution in [0.5, 0.6) is 0 Å². The van der Waals surface area contributed by atoms with Gasteiger partial charge in [-0.2, -0.15) is 0 Å². The Bertz CT molecular complexity index is 338. The minimum absolute atomic E-state index is 0.549. The Hall–Kier alpha value is -0.860. The Balaban J connectivity index is 1.44. The molecule has 0 aliphatic carbocycles. The molecule has 2 heterocycles. The van der Waals surface area contributed by atoms with Crippen molar-refractivity contribution in [1.29, 1.82) is 0 Å². The van der Waals surface area contributed by atoms with Crippen LogP contribution in [0.3, 0.4) is 0 Å². The van der Waals surface area contributed by atoms with Crippen molar-refractivity contribution in [2.45, 2.75) is 38.0 Å². The predicted molar refractivity (Wildman–Crippen MR) is 64.2 cm³/mol. The predicted octanol–water partition coefficient (Wildman–Crippen LogP) is 2.34. The van der Waals surface area contributed by atoms with E-state index >= 15 is 0 Å². The van der Waals surface area contributed by atoms with Gasteiger partial charge in [-0.15, -0.1) is 0 Å². The second kappa shape index (κ2) is 4.56. The molecule has 0 radical (unpaired) electrons. The molecular weight excluding hydrogens is 198 g/mol. The third-order valence-electron chi connectivity index (χ3n) is 3.81. The van der Waals surface area contributed by atoms with Gasteiger partial charge in [-0.3, -0.25) is 0 Å². The highest BCUT2D eigenvalue weighted by Crippen LogP contribution is 2.38. The third kappa shape index (κ3) is 2.13. The maximum atomic E-state index is 5.85. The summed E-state index contributed by atoms with van der Waals surface area (Å²) < 4.78 is 5.85. The van der Waals surface area contributed by atoms with Gasteiger partial charge in [0.2, 0.25) is 0 Å². The van der Waals surface area contributed by atoms with Crippen molar-refractivity contribution >= 4 is 0 Å². The van der Waals surface area contributed by atoms with Gasteiger partial charge in [0.05, 0.1) is 12.2 Å². The zero-order valence-electron chi connectivity index (χ0n) is 9.56. The molecule has 86 valence electrons. The number of nitrogens with one attached hydrogen (secondary N) is 1. The van der Waals surface area contributed by atoms with Crippen LogP contribution in [-0.2, 0) is 11.3 Å². The van der Waals surface area contributed by atoms with Crippen molar-refractivity contribution < 1.29 is 4.74 Å². The first-order valence-electron chi connectivity index (χ1n) is 6.32. The maximum absolute atomic E-state index is 5.85. The first kappa shape index (κ1) is 10.3. The molecule has 0 saturated carbocycles. The average Bonchev–Trinajstić information content (AvgIpc) is 2.92. The van der Waals surface area contributed by atoms with Crippen molar-refractivity contribution in [2.24, 2.45) is 5.92 Å². The first-order valence-corrected chi connectivity index (χ1v) is 6.32. The van der Waals surface area contributed by atoms with E-state index in [1.54, 1.807) is 0 Å². The van der Waals surface area contributed by atoms with Crippen LogP contribution in [0.15, 0.2) is 30.3 Å². The van der Waals surface area contributed by atoms with Crippen LogP contribution in [0, 0.1) is 5.92 Å². The Labute approximate surface area is 97.0 Å². The Morgan fingerprint density at radius 2 is 2.06 bits per heavy atom. The van der Waals surface area contributed by atoms with Gasteiger partial charge in [-0.1, -0.05) is 30.3 Å². The number of rotatable bonds is 4. The van der Waals surface area contributed by atoms with Crippen LogP contribution < -0.4 is 5.32 Å². The Morgan fingerprint density at radius 1 is 1.19 bits per heavy atom. The zero-order chi connectivity index (χ0) is 10.8. The lowest BCUT2D eigenvalue weighted by Crippen LogP contribution is -2.29. The molecule has 2 fully saturated rings. The molecule has 0 spiro atoms. The highest BCUT2D eigenvalue weighted by Gasteiger charge is 2.40. The fourth-order valence-corrected chi connectivity index (χ4v) is 2.96. The molecule has 2 saturated heterocycles. The van der Waals surface area contributed by atoms with Gasteiger partial charge in [0.25, 0.3) is 0 Å². The second-order valence-electron chi connectivity index (χ2n) is 4.99. The van der Waals surface area contributed by atoms with Gasteiger partial charge in [0.1, 0.15) is 0 Å².